The van der Waals surface area contributed by atoms with Gasteiger partial charge < -0.3 is 10.6 Å². The third-order valence-electron chi connectivity index (χ3n) is 4.45. The van der Waals surface area contributed by atoms with Crippen LogP contribution in [0.3, 0.4) is 0 Å². The van der Waals surface area contributed by atoms with Crippen LogP contribution < -0.4 is 5.73 Å². The second-order valence-corrected chi connectivity index (χ2v) is 6.16. The number of aryl methyl sites for hydroxylation is 1. The zero-order valence-electron chi connectivity index (χ0n) is 14.1. The summed E-state index contributed by atoms with van der Waals surface area (Å²) in [5, 5.41) is 4.15. The van der Waals surface area contributed by atoms with Gasteiger partial charge in [-0.05, 0) is 36.8 Å². The Bertz CT molecular complexity index is 650. The second-order valence-electron chi connectivity index (χ2n) is 6.16. The lowest BCUT2D eigenvalue weighted by Crippen LogP contribution is -2.41. The van der Waals surface area contributed by atoms with E-state index in [1.807, 2.05) is 33.8 Å². The number of hydrogen-bond donors (Lipinski definition) is 1. The molecule has 2 heterocycles. The van der Waals surface area contributed by atoms with E-state index in [4.69, 9.17) is 5.73 Å². The van der Waals surface area contributed by atoms with Crippen LogP contribution in [-0.2, 0) is 17.8 Å². The van der Waals surface area contributed by atoms with Gasteiger partial charge in [-0.15, -0.1) is 24.8 Å². The fraction of sp³-hybridized carbons (Fsp3) is 0.471. The topological polar surface area (TPSA) is 77.0 Å². The Morgan fingerprint density at radius 3 is 2.80 bits per heavy atom. The van der Waals surface area contributed by atoms with Crippen molar-refractivity contribution in [3.8, 4) is 0 Å². The summed E-state index contributed by atoms with van der Waals surface area (Å²) in [7, 11) is 0. The van der Waals surface area contributed by atoms with Crippen LogP contribution in [0.2, 0.25) is 0 Å². The number of likely N-dealkylation sites (tertiary alicyclic amines) is 1. The van der Waals surface area contributed by atoms with Crippen LogP contribution in [0.5, 0.6) is 0 Å². The largest absolute Gasteiger partial charge is 0.399 e. The Labute approximate surface area is 160 Å². The smallest absolute Gasteiger partial charge is 0.222 e. The average Bonchev–Trinajstić information content (AvgIpc) is 3.07. The van der Waals surface area contributed by atoms with Crippen LogP contribution >= 0.6 is 24.8 Å². The van der Waals surface area contributed by atoms with Crippen molar-refractivity contribution in [3.05, 3.63) is 42.5 Å². The van der Waals surface area contributed by atoms with Crippen LogP contribution in [-0.4, -0.2) is 38.7 Å². The molecule has 0 aliphatic carbocycles. The summed E-state index contributed by atoms with van der Waals surface area (Å²) in [5.74, 6) is 0.674. The average molecular weight is 386 g/mol. The number of rotatable bonds is 5. The summed E-state index contributed by atoms with van der Waals surface area (Å²) in [6.07, 6.45) is 6.70. The van der Waals surface area contributed by atoms with E-state index in [-0.39, 0.29) is 30.7 Å². The SMILES string of the molecule is Cl.Cl.Nc1ccccc1CCC(=O)N1CCCC(Cn2cncn2)C1. The van der Waals surface area contributed by atoms with E-state index < -0.39 is 0 Å². The highest BCUT2D eigenvalue weighted by molar-refractivity contribution is 5.85. The van der Waals surface area contributed by atoms with E-state index in [1.165, 1.54) is 0 Å². The molecule has 1 atom stereocenters. The maximum atomic E-state index is 12.5. The zero-order valence-corrected chi connectivity index (χ0v) is 15.7. The summed E-state index contributed by atoms with van der Waals surface area (Å²) >= 11 is 0. The number of amides is 1. The molecule has 0 bridgehead atoms. The molecule has 6 nitrogen and oxygen atoms in total. The van der Waals surface area contributed by atoms with Gasteiger partial charge in [0.25, 0.3) is 0 Å². The molecule has 0 radical (unpaired) electrons. The number of carbonyl (C=O) groups is 1. The van der Waals surface area contributed by atoms with Gasteiger partial charge in [-0.1, -0.05) is 18.2 Å². The van der Waals surface area contributed by atoms with E-state index in [0.29, 0.717) is 18.8 Å². The van der Waals surface area contributed by atoms with Crippen LogP contribution in [0.4, 0.5) is 5.69 Å². The number of anilines is 1. The molecule has 2 aromatic rings. The predicted molar refractivity (Wildman–Crippen MR) is 103 cm³/mol. The summed E-state index contributed by atoms with van der Waals surface area (Å²) in [6.45, 7) is 2.50. The van der Waals surface area contributed by atoms with Crippen molar-refractivity contribution in [1.82, 2.24) is 19.7 Å². The first kappa shape index (κ1) is 21.3. The molecule has 3 rings (SSSR count). The van der Waals surface area contributed by atoms with Crippen LogP contribution in [0, 0.1) is 5.92 Å². The van der Waals surface area contributed by atoms with Crippen LogP contribution in [0.25, 0.3) is 0 Å². The van der Waals surface area contributed by atoms with Crippen molar-refractivity contribution in [2.24, 2.45) is 5.92 Å². The molecule has 2 N–H and O–H groups in total. The Hall–Kier alpha value is -1.79. The zero-order chi connectivity index (χ0) is 16.1. The van der Waals surface area contributed by atoms with Crippen molar-refractivity contribution >= 4 is 36.4 Å². The van der Waals surface area contributed by atoms with Gasteiger partial charge in [-0.2, -0.15) is 5.10 Å². The number of benzene rings is 1. The summed E-state index contributed by atoms with van der Waals surface area (Å²) in [5.41, 5.74) is 7.76. The molecule has 1 aliphatic heterocycles. The van der Waals surface area contributed by atoms with Crippen molar-refractivity contribution in [2.45, 2.75) is 32.2 Å². The number of nitrogen functional groups attached to an aromatic ring is 1. The van der Waals surface area contributed by atoms with Gasteiger partial charge in [0.2, 0.25) is 5.91 Å². The van der Waals surface area contributed by atoms with E-state index in [0.717, 1.165) is 43.7 Å². The summed E-state index contributed by atoms with van der Waals surface area (Å²) in [4.78, 5) is 18.4. The number of piperidine rings is 1. The first-order chi connectivity index (χ1) is 11.2. The Balaban J connectivity index is 0.00000156. The van der Waals surface area contributed by atoms with E-state index >= 15 is 0 Å². The molecule has 1 aliphatic rings. The second kappa shape index (κ2) is 10.3. The summed E-state index contributed by atoms with van der Waals surface area (Å²) < 4.78 is 1.85. The fourth-order valence-corrected chi connectivity index (χ4v) is 3.19. The molecular weight excluding hydrogens is 361 g/mol. The molecule has 1 fully saturated rings. The molecule has 1 aromatic carbocycles. The standard InChI is InChI=1S/C17H23N5O.2ClH/c18-16-6-2-1-5-15(16)7-8-17(23)21-9-3-4-14(10-21)11-22-13-19-12-20-22;;/h1-2,5-6,12-14H,3-4,7-11,18H2;2*1H. The number of nitrogens with zero attached hydrogens (tertiary/aromatic N) is 4. The molecule has 8 heteroatoms. The van der Waals surface area contributed by atoms with Crippen LogP contribution in [0.15, 0.2) is 36.9 Å². The number of carbonyl (C=O) groups excluding carboxylic acids is 1. The van der Waals surface area contributed by atoms with Crippen molar-refractivity contribution < 1.29 is 4.79 Å². The lowest BCUT2D eigenvalue weighted by Gasteiger charge is -2.32. The number of aromatic nitrogens is 3. The first-order valence-corrected chi connectivity index (χ1v) is 8.16. The molecule has 0 spiro atoms. The van der Waals surface area contributed by atoms with Crippen molar-refractivity contribution in [1.29, 1.82) is 0 Å². The molecule has 1 aromatic heterocycles. The Morgan fingerprint density at radius 1 is 1.28 bits per heavy atom. The third kappa shape index (κ3) is 5.90. The van der Waals surface area contributed by atoms with Gasteiger partial charge in [0.1, 0.15) is 12.7 Å². The highest BCUT2D eigenvalue weighted by Crippen LogP contribution is 2.20. The minimum Gasteiger partial charge on any atom is -0.399 e. The first-order valence-electron chi connectivity index (χ1n) is 8.16. The monoisotopic (exact) mass is 385 g/mol. The number of para-hydroxylation sites is 1. The molecule has 0 saturated carbocycles. The van der Waals surface area contributed by atoms with Gasteiger partial charge in [0, 0.05) is 31.7 Å². The van der Waals surface area contributed by atoms with Crippen LogP contribution in [0.1, 0.15) is 24.8 Å². The van der Waals surface area contributed by atoms with E-state index in [9.17, 15) is 4.79 Å². The number of hydrogen-bond acceptors (Lipinski definition) is 4. The van der Waals surface area contributed by atoms with E-state index in [1.54, 1.807) is 12.7 Å². The predicted octanol–water partition coefficient (Wildman–Crippen LogP) is 2.58. The normalized spacial score (nSPS) is 16.6. The number of nitrogens with two attached hydrogens (primary N) is 1. The number of halogens is 2. The minimum absolute atomic E-state index is 0. The Morgan fingerprint density at radius 2 is 2.08 bits per heavy atom. The third-order valence-corrected chi connectivity index (χ3v) is 4.45. The van der Waals surface area contributed by atoms with E-state index in [2.05, 4.69) is 10.1 Å². The maximum Gasteiger partial charge on any atom is 0.222 e. The van der Waals surface area contributed by atoms with Crippen molar-refractivity contribution in [2.75, 3.05) is 18.8 Å². The Kier molecular flexibility index (Phi) is 8.72. The minimum atomic E-state index is 0. The van der Waals surface area contributed by atoms with Gasteiger partial charge >= 0.3 is 0 Å². The molecule has 138 valence electrons. The highest BCUT2D eigenvalue weighted by atomic mass is 35.5. The quantitative estimate of drug-likeness (QED) is 0.802. The lowest BCUT2D eigenvalue weighted by atomic mass is 9.97. The van der Waals surface area contributed by atoms with Gasteiger partial charge in [-0.25, -0.2) is 4.98 Å². The summed E-state index contributed by atoms with van der Waals surface area (Å²) in [6, 6.07) is 7.76. The molecule has 1 saturated heterocycles. The van der Waals surface area contributed by atoms with Gasteiger partial charge in [-0.3, -0.25) is 9.48 Å². The van der Waals surface area contributed by atoms with Crippen molar-refractivity contribution in [3.63, 3.8) is 0 Å². The fourth-order valence-electron chi connectivity index (χ4n) is 3.19. The molecule has 25 heavy (non-hydrogen) atoms. The molecule has 1 unspecified atom stereocenters. The lowest BCUT2D eigenvalue weighted by molar-refractivity contribution is -0.133. The molecular formula is C17H25Cl2N5O. The maximum absolute atomic E-state index is 12.5. The van der Waals surface area contributed by atoms with Gasteiger partial charge in [0.05, 0.1) is 0 Å². The molecule has 1 amide bonds. The van der Waals surface area contributed by atoms with Gasteiger partial charge in [0.15, 0.2) is 0 Å². The highest BCUT2D eigenvalue weighted by Gasteiger charge is 2.23.